The molecule has 0 amide bonds. The number of rotatable bonds is 11. The van der Waals surface area contributed by atoms with Crippen LogP contribution in [0.3, 0.4) is 0 Å². The van der Waals surface area contributed by atoms with Gasteiger partial charge in [-0.1, -0.05) is 73.7 Å². The van der Waals surface area contributed by atoms with E-state index < -0.39 is 23.1 Å². The van der Waals surface area contributed by atoms with Crippen LogP contribution in [0.1, 0.15) is 40.5 Å². The topological polar surface area (TPSA) is 74.6 Å². The molecule has 0 spiro atoms. The molecule has 0 aliphatic heterocycles. The molecule has 0 radical (unpaired) electrons. The maximum absolute atomic E-state index is 13.1. The molecule has 0 N–H and O–H groups in total. The van der Waals surface area contributed by atoms with Crippen LogP contribution >= 0.6 is 11.6 Å². The lowest BCUT2D eigenvalue weighted by molar-refractivity contribution is -0.149. The lowest BCUT2D eigenvalue weighted by Crippen LogP contribution is -2.29. The average molecular weight is 518 g/mol. The first-order valence-electron chi connectivity index (χ1n) is 12.1. The fraction of sp³-hybridized carbons (Fsp3) is 0.233. The SMILES string of the molecule is CCc1c(C(=O)C(=O)Cl)c2c(OC(CCc3ccccc3)C(=O)OC)cccc2n1Cc1ccccc1. The van der Waals surface area contributed by atoms with Crippen molar-refractivity contribution < 1.29 is 23.9 Å². The van der Waals surface area contributed by atoms with Crippen molar-refractivity contribution in [1.82, 2.24) is 4.57 Å². The van der Waals surface area contributed by atoms with Gasteiger partial charge >= 0.3 is 5.97 Å². The van der Waals surface area contributed by atoms with Gasteiger partial charge in [0, 0.05) is 12.2 Å². The van der Waals surface area contributed by atoms with Crippen LogP contribution in [0.5, 0.6) is 5.75 Å². The molecule has 1 heterocycles. The molecular formula is C30H28ClNO5. The highest BCUT2D eigenvalue weighted by molar-refractivity contribution is 6.83. The van der Waals surface area contributed by atoms with Crippen LogP contribution in [-0.2, 0) is 33.7 Å². The second kappa shape index (κ2) is 11.9. The third kappa shape index (κ3) is 5.75. The van der Waals surface area contributed by atoms with E-state index in [2.05, 4.69) is 0 Å². The normalized spacial score (nSPS) is 11.8. The summed E-state index contributed by atoms with van der Waals surface area (Å²) < 4.78 is 13.3. The highest BCUT2D eigenvalue weighted by atomic mass is 35.5. The van der Waals surface area contributed by atoms with Crippen molar-refractivity contribution in [2.24, 2.45) is 0 Å². The summed E-state index contributed by atoms with van der Waals surface area (Å²) >= 11 is 5.70. The third-order valence-electron chi connectivity index (χ3n) is 6.35. The number of carbonyl (C=O) groups excluding carboxylic acids is 3. The minimum absolute atomic E-state index is 0.204. The number of ether oxygens (including phenoxy) is 2. The summed E-state index contributed by atoms with van der Waals surface area (Å²) in [6.07, 6.45) is 0.544. The first kappa shape index (κ1) is 26.2. The van der Waals surface area contributed by atoms with Crippen LogP contribution in [0, 0.1) is 0 Å². The number of benzene rings is 3. The predicted molar refractivity (Wildman–Crippen MR) is 143 cm³/mol. The van der Waals surface area contributed by atoms with Gasteiger partial charge in [-0.15, -0.1) is 0 Å². The molecule has 1 aromatic heterocycles. The number of ketones is 1. The Morgan fingerprint density at radius 1 is 0.892 bits per heavy atom. The molecule has 0 saturated carbocycles. The maximum Gasteiger partial charge on any atom is 0.347 e. The second-order valence-electron chi connectivity index (χ2n) is 8.65. The zero-order valence-corrected chi connectivity index (χ0v) is 21.5. The summed E-state index contributed by atoms with van der Waals surface area (Å²) in [5, 5.41) is -0.611. The summed E-state index contributed by atoms with van der Waals surface area (Å²) in [4.78, 5) is 37.8. The average Bonchev–Trinajstić information content (AvgIpc) is 3.24. The third-order valence-corrected chi connectivity index (χ3v) is 6.53. The monoisotopic (exact) mass is 517 g/mol. The fourth-order valence-electron chi connectivity index (χ4n) is 4.63. The fourth-order valence-corrected chi connectivity index (χ4v) is 4.72. The maximum atomic E-state index is 13.1. The van der Waals surface area contributed by atoms with E-state index in [1.807, 2.05) is 78.2 Å². The largest absolute Gasteiger partial charge is 0.478 e. The van der Waals surface area contributed by atoms with E-state index in [0.29, 0.717) is 48.2 Å². The number of Topliss-reactive ketones (excluding diaryl/α,β-unsaturated/α-hetero) is 1. The molecule has 0 aliphatic carbocycles. The smallest absolute Gasteiger partial charge is 0.347 e. The Morgan fingerprint density at radius 2 is 1.54 bits per heavy atom. The predicted octanol–water partition coefficient (Wildman–Crippen LogP) is 5.75. The van der Waals surface area contributed by atoms with Crippen molar-refractivity contribution in [3.05, 3.63) is 101 Å². The summed E-state index contributed by atoms with van der Waals surface area (Å²) in [6, 6.07) is 25.0. The van der Waals surface area contributed by atoms with Crippen LogP contribution in [0.25, 0.3) is 10.9 Å². The van der Waals surface area contributed by atoms with Gasteiger partial charge in [0.2, 0.25) is 5.78 Å². The molecule has 3 aromatic carbocycles. The summed E-state index contributed by atoms with van der Waals surface area (Å²) in [5.41, 5.74) is 3.69. The zero-order valence-electron chi connectivity index (χ0n) is 20.8. The molecule has 0 fully saturated rings. The molecular weight excluding hydrogens is 490 g/mol. The second-order valence-corrected chi connectivity index (χ2v) is 9.00. The number of hydrogen-bond acceptors (Lipinski definition) is 5. The molecule has 4 rings (SSSR count). The number of halogens is 1. The number of aryl methyl sites for hydroxylation is 1. The molecule has 190 valence electrons. The van der Waals surface area contributed by atoms with Gasteiger partial charge in [-0.25, -0.2) is 4.79 Å². The van der Waals surface area contributed by atoms with Crippen molar-refractivity contribution in [1.29, 1.82) is 0 Å². The van der Waals surface area contributed by atoms with Crippen LogP contribution in [0.15, 0.2) is 78.9 Å². The number of aromatic nitrogens is 1. The summed E-state index contributed by atoms with van der Waals surface area (Å²) in [6.45, 7) is 2.41. The molecule has 37 heavy (non-hydrogen) atoms. The molecule has 6 nitrogen and oxygen atoms in total. The van der Waals surface area contributed by atoms with Gasteiger partial charge < -0.3 is 14.0 Å². The van der Waals surface area contributed by atoms with Crippen molar-refractivity contribution in [3.63, 3.8) is 0 Å². The van der Waals surface area contributed by atoms with Gasteiger partial charge in [-0.2, -0.15) is 0 Å². The van der Waals surface area contributed by atoms with Crippen molar-refractivity contribution in [2.75, 3.05) is 7.11 Å². The lowest BCUT2D eigenvalue weighted by atomic mass is 10.0. The number of carbonyl (C=O) groups is 3. The first-order valence-corrected chi connectivity index (χ1v) is 12.5. The summed E-state index contributed by atoms with van der Waals surface area (Å²) in [5.74, 6) is -0.998. The van der Waals surface area contributed by atoms with Crippen molar-refractivity contribution >= 4 is 39.5 Å². The van der Waals surface area contributed by atoms with Gasteiger partial charge in [0.1, 0.15) is 5.75 Å². The van der Waals surface area contributed by atoms with Crippen LogP contribution in [-0.4, -0.2) is 34.8 Å². The Hall–Kier alpha value is -3.90. The highest BCUT2D eigenvalue weighted by Crippen LogP contribution is 2.36. The Morgan fingerprint density at radius 3 is 2.14 bits per heavy atom. The standard InChI is InChI=1S/C30H28ClNO5/c1-3-22-27(28(33)29(31)34)26-23(32(22)19-21-13-8-5-9-14-21)15-10-16-24(26)37-25(30(35)36-2)18-17-20-11-6-4-7-12-20/h4-16,25H,3,17-19H2,1-2H3. The number of hydrogen-bond donors (Lipinski definition) is 0. The van der Waals surface area contributed by atoms with Crippen LogP contribution in [0.2, 0.25) is 0 Å². The van der Waals surface area contributed by atoms with Crippen LogP contribution in [0.4, 0.5) is 0 Å². The van der Waals surface area contributed by atoms with Gasteiger partial charge in [0.05, 0.1) is 23.6 Å². The van der Waals surface area contributed by atoms with E-state index >= 15 is 0 Å². The number of nitrogens with zero attached hydrogens (tertiary/aromatic N) is 1. The molecule has 4 aromatic rings. The Labute approximate surface area is 220 Å². The molecule has 0 bridgehead atoms. The molecule has 7 heteroatoms. The minimum Gasteiger partial charge on any atom is -0.478 e. The van der Waals surface area contributed by atoms with E-state index in [1.165, 1.54) is 7.11 Å². The zero-order chi connectivity index (χ0) is 26.4. The Kier molecular flexibility index (Phi) is 8.41. The van der Waals surface area contributed by atoms with Crippen molar-refractivity contribution in [2.45, 2.75) is 38.8 Å². The van der Waals surface area contributed by atoms with E-state index in [0.717, 1.165) is 11.1 Å². The van der Waals surface area contributed by atoms with E-state index in [4.69, 9.17) is 21.1 Å². The molecule has 0 aliphatic rings. The van der Waals surface area contributed by atoms with Gasteiger partial charge in [0.25, 0.3) is 5.24 Å². The van der Waals surface area contributed by atoms with Crippen LogP contribution < -0.4 is 4.74 Å². The summed E-state index contributed by atoms with van der Waals surface area (Å²) in [7, 11) is 1.31. The number of fused-ring (bicyclic) bond motifs is 1. The van der Waals surface area contributed by atoms with Crippen molar-refractivity contribution in [3.8, 4) is 5.75 Å². The minimum atomic E-state index is -1.07. The number of esters is 1. The Balaban J connectivity index is 1.81. The molecule has 0 saturated heterocycles. The quantitative estimate of drug-likeness (QED) is 0.109. The van der Waals surface area contributed by atoms with E-state index in [-0.39, 0.29) is 5.56 Å². The van der Waals surface area contributed by atoms with Gasteiger partial charge in [0.15, 0.2) is 6.10 Å². The first-order chi connectivity index (χ1) is 17.9. The highest BCUT2D eigenvalue weighted by Gasteiger charge is 2.29. The van der Waals surface area contributed by atoms with Gasteiger partial charge in [-0.05, 0) is 54.1 Å². The number of methoxy groups -OCH3 is 1. The Bertz CT molecular complexity index is 1410. The lowest BCUT2D eigenvalue weighted by Gasteiger charge is -2.18. The van der Waals surface area contributed by atoms with E-state index in [9.17, 15) is 14.4 Å². The molecule has 1 atom stereocenters. The molecule has 1 unspecified atom stereocenters. The van der Waals surface area contributed by atoms with E-state index in [1.54, 1.807) is 12.1 Å². The van der Waals surface area contributed by atoms with Gasteiger partial charge in [-0.3, -0.25) is 9.59 Å².